The molecule has 27 heavy (non-hydrogen) atoms. The molecule has 2 fully saturated rings. The molecular weight excluding hydrogens is 368 g/mol. The van der Waals surface area contributed by atoms with E-state index in [0.29, 0.717) is 16.5 Å². The zero-order chi connectivity index (χ0) is 19.2. The molecule has 2 aliphatic heterocycles. The topological polar surface area (TPSA) is 77.4 Å². The minimum atomic E-state index is -0.486. The number of pyridine rings is 1. The van der Waals surface area contributed by atoms with Gasteiger partial charge in [0.2, 0.25) is 5.88 Å². The van der Waals surface area contributed by atoms with Crippen LogP contribution < -0.4 is 4.74 Å². The number of carbonyl (C=O) groups is 1. The van der Waals surface area contributed by atoms with Crippen LogP contribution in [0.2, 0.25) is 5.15 Å². The molecule has 0 spiro atoms. The second-order valence-corrected chi connectivity index (χ2v) is 8.55. The third-order valence-corrected chi connectivity index (χ3v) is 5.33. The average Bonchev–Trinajstić information content (AvgIpc) is 2.86. The number of fused-ring (bicyclic) bond motifs is 3. The number of ether oxygens (including phenoxy) is 2. The molecule has 0 N–H and O–H groups in total. The lowest BCUT2D eigenvalue weighted by Gasteiger charge is -2.39. The first kappa shape index (κ1) is 18.2. The lowest BCUT2D eigenvalue weighted by Crippen LogP contribution is -2.50. The Morgan fingerprint density at radius 3 is 2.56 bits per heavy atom. The molecule has 0 saturated carbocycles. The van der Waals surface area contributed by atoms with Crippen molar-refractivity contribution in [3.05, 3.63) is 23.7 Å². The van der Waals surface area contributed by atoms with E-state index in [-0.39, 0.29) is 24.3 Å². The molecule has 0 aromatic carbocycles. The molecule has 144 valence electrons. The summed E-state index contributed by atoms with van der Waals surface area (Å²) in [5.41, 5.74) is 0.197. The summed E-state index contributed by atoms with van der Waals surface area (Å²) in [6.45, 7) is 5.68. The minimum Gasteiger partial charge on any atom is -0.474 e. The van der Waals surface area contributed by atoms with Crippen LogP contribution in [0, 0.1) is 0 Å². The zero-order valence-corrected chi connectivity index (χ0v) is 16.4. The lowest BCUT2D eigenvalue weighted by atomic mass is 10.0. The lowest BCUT2D eigenvalue weighted by molar-refractivity contribution is -0.00757. The first-order chi connectivity index (χ1) is 12.8. The van der Waals surface area contributed by atoms with Crippen LogP contribution in [0.4, 0.5) is 4.79 Å². The maximum absolute atomic E-state index is 12.5. The number of rotatable bonds is 2. The van der Waals surface area contributed by atoms with Gasteiger partial charge in [-0.3, -0.25) is 0 Å². The molecule has 2 bridgehead atoms. The van der Waals surface area contributed by atoms with Crippen molar-refractivity contribution in [2.45, 2.75) is 70.2 Å². The van der Waals surface area contributed by atoms with Gasteiger partial charge in [-0.25, -0.2) is 19.7 Å². The standard InChI is InChI=1S/C19H23ClN4O3/c1-19(2,3)27-18(25)24-11-4-5-12(24)7-13(6-11)26-16-8-14-15(9-21-16)22-10-23-17(14)20/h8-13H,4-7H2,1-3H3/t11-,12+,13?. The summed E-state index contributed by atoms with van der Waals surface area (Å²) >= 11 is 6.14. The van der Waals surface area contributed by atoms with Crippen LogP contribution in [0.15, 0.2) is 18.6 Å². The number of hydrogen-bond acceptors (Lipinski definition) is 6. The van der Waals surface area contributed by atoms with Gasteiger partial charge in [0, 0.05) is 36.4 Å². The predicted molar refractivity (Wildman–Crippen MR) is 101 cm³/mol. The number of piperidine rings is 1. The van der Waals surface area contributed by atoms with E-state index < -0.39 is 5.60 Å². The van der Waals surface area contributed by atoms with E-state index in [1.165, 1.54) is 6.33 Å². The summed E-state index contributed by atoms with van der Waals surface area (Å²) in [7, 11) is 0. The molecule has 4 heterocycles. The molecule has 7 nitrogen and oxygen atoms in total. The third kappa shape index (κ3) is 3.78. The summed E-state index contributed by atoms with van der Waals surface area (Å²) in [6.07, 6.45) is 6.35. The van der Waals surface area contributed by atoms with E-state index >= 15 is 0 Å². The van der Waals surface area contributed by atoms with Crippen LogP contribution in [-0.2, 0) is 4.74 Å². The van der Waals surface area contributed by atoms with Gasteiger partial charge in [-0.05, 0) is 33.6 Å². The number of hydrogen-bond donors (Lipinski definition) is 0. The Hall–Kier alpha value is -2.15. The zero-order valence-electron chi connectivity index (χ0n) is 15.7. The Balaban J connectivity index is 1.46. The highest BCUT2D eigenvalue weighted by Gasteiger charge is 2.45. The van der Waals surface area contributed by atoms with Gasteiger partial charge in [-0.15, -0.1) is 0 Å². The van der Waals surface area contributed by atoms with E-state index in [9.17, 15) is 4.79 Å². The Bertz CT molecular complexity index is 856. The van der Waals surface area contributed by atoms with Crippen molar-refractivity contribution in [3.63, 3.8) is 0 Å². The summed E-state index contributed by atoms with van der Waals surface area (Å²) in [4.78, 5) is 26.9. The van der Waals surface area contributed by atoms with E-state index in [1.807, 2.05) is 25.7 Å². The van der Waals surface area contributed by atoms with Crippen LogP contribution in [0.5, 0.6) is 5.88 Å². The monoisotopic (exact) mass is 390 g/mol. The van der Waals surface area contributed by atoms with Crippen molar-refractivity contribution >= 4 is 28.6 Å². The predicted octanol–water partition coefficient (Wildman–Crippen LogP) is 3.99. The Kier molecular flexibility index (Phi) is 4.58. The molecule has 4 rings (SSSR count). The Labute approximate surface area is 163 Å². The highest BCUT2D eigenvalue weighted by molar-refractivity contribution is 6.34. The van der Waals surface area contributed by atoms with Crippen LogP contribution in [0.1, 0.15) is 46.5 Å². The van der Waals surface area contributed by atoms with Crippen molar-refractivity contribution < 1.29 is 14.3 Å². The highest BCUT2D eigenvalue weighted by Crippen LogP contribution is 2.38. The molecule has 0 aliphatic carbocycles. The first-order valence-corrected chi connectivity index (χ1v) is 9.62. The summed E-state index contributed by atoms with van der Waals surface area (Å²) in [5.74, 6) is 0.509. The second-order valence-electron chi connectivity index (χ2n) is 8.19. The Morgan fingerprint density at radius 2 is 1.89 bits per heavy atom. The smallest absolute Gasteiger partial charge is 0.410 e. The van der Waals surface area contributed by atoms with Gasteiger partial charge in [-0.1, -0.05) is 11.6 Å². The summed E-state index contributed by atoms with van der Waals surface area (Å²) in [5, 5.41) is 1.10. The normalized spacial score (nSPS) is 24.9. The molecule has 3 atom stereocenters. The van der Waals surface area contributed by atoms with E-state index in [4.69, 9.17) is 21.1 Å². The molecule has 1 amide bonds. The fourth-order valence-electron chi connectivity index (χ4n) is 3.98. The number of amides is 1. The van der Waals surface area contributed by atoms with Gasteiger partial charge < -0.3 is 14.4 Å². The SMILES string of the molecule is CC(C)(C)OC(=O)N1[C@@H]2CC[C@H]1CC(Oc1cc3c(Cl)ncnc3cn1)C2. The van der Waals surface area contributed by atoms with E-state index in [1.54, 1.807) is 12.3 Å². The molecule has 2 saturated heterocycles. The van der Waals surface area contributed by atoms with Gasteiger partial charge in [0.1, 0.15) is 23.2 Å². The number of nitrogens with zero attached hydrogens (tertiary/aromatic N) is 4. The molecule has 2 aliphatic rings. The van der Waals surface area contributed by atoms with Gasteiger partial charge in [-0.2, -0.15) is 0 Å². The fraction of sp³-hybridized carbons (Fsp3) is 0.579. The van der Waals surface area contributed by atoms with Crippen molar-refractivity contribution in [2.75, 3.05) is 0 Å². The van der Waals surface area contributed by atoms with Crippen molar-refractivity contribution in [3.8, 4) is 5.88 Å². The summed E-state index contributed by atoms with van der Waals surface area (Å²) < 4.78 is 11.7. The minimum absolute atomic E-state index is 0.00884. The van der Waals surface area contributed by atoms with Crippen molar-refractivity contribution in [1.29, 1.82) is 0 Å². The van der Waals surface area contributed by atoms with Crippen molar-refractivity contribution in [2.24, 2.45) is 0 Å². The highest BCUT2D eigenvalue weighted by atomic mass is 35.5. The molecule has 2 aromatic heterocycles. The van der Waals surface area contributed by atoms with Crippen LogP contribution >= 0.6 is 11.6 Å². The van der Waals surface area contributed by atoms with Crippen LogP contribution in [-0.4, -0.2) is 49.7 Å². The molecule has 8 heteroatoms. The fourth-order valence-corrected chi connectivity index (χ4v) is 4.17. The van der Waals surface area contributed by atoms with Gasteiger partial charge in [0.05, 0.1) is 11.7 Å². The first-order valence-electron chi connectivity index (χ1n) is 9.24. The molecule has 2 aromatic rings. The number of carbonyl (C=O) groups excluding carboxylic acids is 1. The number of halogens is 1. The van der Waals surface area contributed by atoms with Gasteiger partial charge in [0.15, 0.2) is 0 Å². The number of aromatic nitrogens is 3. The average molecular weight is 391 g/mol. The van der Waals surface area contributed by atoms with E-state index in [2.05, 4.69) is 15.0 Å². The second kappa shape index (κ2) is 6.78. The van der Waals surface area contributed by atoms with Crippen LogP contribution in [0.25, 0.3) is 10.9 Å². The maximum Gasteiger partial charge on any atom is 0.410 e. The Morgan fingerprint density at radius 1 is 1.19 bits per heavy atom. The van der Waals surface area contributed by atoms with Crippen LogP contribution in [0.3, 0.4) is 0 Å². The van der Waals surface area contributed by atoms with Gasteiger partial charge >= 0.3 is 6.09 Å². The van der Waals surface area contributed by atoms with Crippen molar-refractivity contribution in [1.82, 2.24) is 19.9 Å². The van der Waals surface area contributed by atoms with E-state index in [0.717, 1.165) is 31.1 Å². The molecule has 1 unspecified atom stereocenters. The summed E-state index contributed by atoms with van der Waals surface area (Å²) in [6, 6.07) is 2.08. The molecular formula is C19H23ClN4O3. The molecule has 0 radical (unpaired) electrons. The quantitative estimate of drug-likeness (QED) is 0.721. The maximum atomic E-state index is 12.5. The third-order valence-electron chi connectivity index (χ3n) is 5.03. The largest absolute Gasteiger partial charge is 0.474 e. The van der Waals surface area contributed by atoms with Gasteiger partial charge in [0.25, 0.3) is 0 Å².